The molecule has 1 aliphatic heterocycles. The minimum absolute atomic E-state index is 0.0107. The van der Waals surface area contributed by atoms with Gasteiger partial charge in [0.25, 0.3) is 0 Å². The molecule has 3 aromatic carbocycles. The Hall–Kier alpha value is -5.43. The Morgan fingerprint density at radius 1 is 0.765 bits per heavy atom. The van der Waals surface area contributed by atoms with Crippen LogP contribution in [0.5, 0.6) is 11.5 Å². The van der Waals surface area contributed by atoms with E-state index in [0.717, 1.165) is 11.1 Å². The molecular formula is C38H47N5O8. The van der Waals surface area contributed by atoms with Crippen LogP contribution in [-0.4, -0.2) is 86.6 Å². The predicted molar refractivity (Wildman–Crippen MR) is 189 cm³/mol. The Balaban J connectivity index is 1.55. The van der Waals surface area contributed by atoms with Gasteiger partial charge in [0.2, 0.25) is 23.6 Å². The number of benzene rings is 3. The lowest BCUT2D eigenvalue weighted by atomic mass is 9.97. The van der Waals surface area contributed by atoms with Gasteiger partial charge in [0.05, 0.1) is 6.04 Å². The fourth-order valence-electron chi connectivity index (χ4n) is 6.10. The third-order valence-corrected chi connectivity index (χ3v) is 9.25. The van der Waals surface area contributed by atoms with Gasteiger partial charge >= 0.3 is 5.97 Å². The number of rotatable bonds is 16. The van der Waals surface area contributed by atoms with E-state index in [1.807, 2.05) is 6.92 Å². The number of nitrogens with zero attached hydrogens (tertiary/aromatic N) is 1. The molecule has 13 heteroatoms. The third-order valence-electron chi connectivity index (χ3n) is 9.25. The number of carbonyl (C=O) groups excluding carboxylic acids is 4. The van der Waals surface area contributed by atoms with Crippen molar-refractivity contribution in [2.24, 2.45) is 11.7 Å². The quantitative estimate of drug-likeness (QED) is 0.116. The van der Waals surface area contributed by atoms with Gasteiger partial charge < -0.3 is 41.9 Å². The van der Waals surface area contributed by atoms with Gasteiger partial charge in [-0.05, 0) is 66.1 Å². The van der Waals surface area contributed by atoms with Crippen LogP contribution in [0.25, 0.3) is 0 Å². The minimum atomic E-state index is -1.21. The van der Waals surface area contributed by atoms with Crippen LogP contribution in [-0.2, 0) is 43.2 Å². The molecule has 6 atom stereocenters. The maximum absolute atomic E-state index is 14.0. The molecule has 3 aromatic rings. The zero-order chi connectivity index (χ0) is 37.1. The van der Waals surface area contributed by atoms with Gasteiger partial charge in [-0.3, -0.25) is 19.2 Å². The summed E-state index contributed by atoms with van der Waals surface area (Å²) in [5.41, 5.74) is 8.34. The van der Waals surface area contributed by atoms with Gasteiger partial charge in [-0.25, -0.2) is 4.79 Å². The summed E-state index contributed by atoms with van der Waals surface area (Å²) >= 11 is 0. The van der Waals surface area contributed by atoms with Crippen molar-refractivity contribution in [3.05, 3.63) is 95.6 Å². The van der Waals surface area contributed by atoms with E-state index >= 15 is 0 Å². The van der Waals surface area contributed by atoms with Gasteiger partial charge in [-0.15, -0.1) is 0 Å². The highest BCUT2D eigenvalue weighted by atomic mass is 16.4. The molecule has 4 rings (SSSR count). The van der Waals surface area contributed by atoms with Crippen LogP contribution in [0.3, 0.4) is 0 Å². The molecule has 8 N–H and O–H groups in total. The van der Waals surface area contributed by atoms with E-state index in [9.17, 15) is 39.3 Å². The second kappa shape index (κ2) is 18.0. The molecule has 51 heavy (non-hydrogen) atoms. The summed E-state index contributed by atoms with van der Waals surface area (Å²) in [6, 6.07) is 16.0. The highest BCUT2D eigenvalue weighted by molar-refractivity contribution is 5.96. The van der Waals surface area contributed by atoms with E-state index in [-0.39, 0.29) is 36.7 Å². The number of carboxylic acids is 1. The van der Waals surface area contributed by atoms with Crippen LogP contribution in [0, 0.1) is 5.92 Å². The zero-order valence-electron chi connectivity index (χ0n) is 28.8. The molecule has 0 aromatic heterocycles. The number of carbonyl (C=O) groups is 5. The maximum atomic E-state index is 14.0. The number of hydrogen-bond acceptors (Lipinski definition) is 8. The molecule has 0 unspecified atom stereocenters. The second-order valence-electron chi connectivity index (χ2n) is 13.1. The minimum Gasteiger partial charge on any atom is -0.508 e. The van der Waals surface area contributed by atoms with Crippen molar-refractivity contribution in [1.29, 1.82) is 0 Å². The van der Waals surface area contributed by atoms with Crippen molar-refractivity contribution in [3.63, 3.8) is 0 Å². The van der Waals surface area contributed by atoms with E-state index in [0.29, 0.717) is 31.4 Å². The van der Waals surface area contributed by atoms with Gasteiger partial charge in [0.15, 0.2) is 0 Å². The van der Waals surface area contributed by atoms with Crippen molar-refractivity contribution in [2.75, 3.05) is 6.54 Å². The van der Waals surface area contributed by atoms with Crippen LogP contribution in [0.2, 0.25) is 0 Å². The van der Waals surface area contributed by atoms with Crippen LogP contribution in [0.1, 0.15) is 49.8 Å². The monoisotopic (exact) mass is 701 g/mol. The molecule has 0 radical (unpaired) electrons. The summed E-state index contributed by atoms with van der Waals surface area (Å²) in [6.07, 6.45) is 1.63. The molecule has 1 saturated heterocycles. The van der Waals surface area contributed by atoms with E-state index < -0.39 is 59.8 Å². The number of aromatic hydroxyl groups is 2. The topological polar surface area (TPSA) is 211 Å². The Kier molecular flexibility index (Phi) is 13.5. The summed E-state index contributed by atoms with van der Waals surface area (Å²) in [5.74, 6) is -3.85. The first kappa shape index (κ1) is 38.4. The highest BCUT2D eigenvalue weighted by Crippen LogP contribution is 2.21. The Morgan fingerprint density at radius 2 is 1.27 bits per heavy atom. The second-order valence-corrected chi connectivity index (χ2v) is 13.1. The number of carboxylic acid groups (broad SMARTS) is 1. The molecule has 0 spiro atoms. The number of nitrogens with one attached hydrogen (secondary N) is 3. The van der Waals surface area contributed by atoms with Crippen LogP contribution in [0.15, 0.2) is 78.9 Å². The first-order valence-corrected chi connectivity index (χ1v) is 17.2. The lowest BCUT2D eigenvalue weighted by molar-refractivity contribution is -0.143. The van der Waals surface area contributed by atoms with Crippen molar-refractivity contribution < 1.29 is 39.3 Å². The fourth-order valence-corrected chi connectivity index (χ4v) is 6.10. The Bertz CT molecular complexity index is 1650. The highest BCUT2D eigenvalue weighted by Gasteiger charge is 2.38. The molecule has 4 amide bonds. The van der Waals surface area contributed by atoms with Gasteiger partial charge in [0, 0.05) is 19.4 Å². The lowest BCUT2D eigenvalue weighted by Gasteiger charge is -2.29. The van der Waals surface area contributed by atoms with Gasteiger partial charge in [0.1, 0.15) is 35.7 Å². The van der Waals surface area contributed by atoms with Crippen LogP contribution < -0.4 is 21.7 Å². The Labute approximate surface area is 297 Å². The fraction of sp³-hybridized carbons (Fsp3) is 0.395. The first-order valence-electron chi connectivity index (χ1n) is 17.2. The number of nitrogens with two attached hydrogens (primary N) is 1. The molecule has 0 saturated carbocycles. The van der Waals surface area contributed by atoms with Crippen molar-refractivity contribution in [2.45, 2.75) is 82.6 Å². The maximum Gasteiger partial charge on any atom is 0.326 e. The molecular weight excluding hydrogens is 654 g/mol. The van der Waals surface area contributed by atoms with Crippen LogP contribution in [0.4, 0.5) is 0 Å². The predicted octanol–water partition coefficient (Wildman–Crippen LogP) is 2.03. The lowest BCUT2D eigenvalue weighted by Crippen LogP contribution is -2.59. The average Bonchev–Trinajstić information content (AvgIpc) is 3.61. The zero-order valence-corrected chi connectivity index (χ0v) is 28.8. The van der Waals surface area contributed by atoms with E-state index in [1.54, 1.807) is 61.5 Å². The summed E-state index contributed by atoms with van der Waals surface area (Å²) in [4.78, 5) is 68.4. The first-order chi connectivity index (χ1) is 24.4. The number of amides is 4. The van der Waals surface area contributed by atoms with Crippen molar-refractivity contribution in [1.82, 2.24) is 20.9 Å². The van der Waals surface area contributed by atoms with Crippen molar-refractivity contribution >= 4 is 29.6 Å². The number of aliphatic carboxylic acids is 1. The molecule has 1 fully saturated rings. The summed E-state index contributed by atoms with van der Waals surface area (Å²) in [5, 5.41) is 37.3. The largest absolute Gasteiger partial charge is 0.508 e. The number of likely N-dealkylation sites (tertiary alicyclic amines) is 1. The summed E-state index contributed by atoms with van der Waals surface area (Å²) in [7, 11) is 0. The smallest absolute Gasteiger partial charge is 0.326 e. The van der Waals surface area contributed by atoms with E-state index in [4.69, 9.17) is 5.73 Å². The molecule has 13 nitrogen and oxygen atoms in total. The third kappa shape index (κ3) is 10.8. The van der Waals surface area contributed by atoms with Crippen LogP contribution >= 0.6 is 0 Å². The number of phenols is 2. The molecule has 272 valence electrons. The summed E-state index contributed by atoms with van der Waals surface area (Å²) in [6.45, 7) is 3.83. The molecule has 1 heterocycles. The summed E-state index contributed by atoms with van der Waals surface area (Å²) < 4.78 is 0. The number of phenolic OH excluding ortho intramolecular Hbond substituents is 2. The van der Waals surface area contributed by atoms with E-state index in [2.05, 4.69) is 16.0 Å². The molecule has 0 aliphatic carbocycles. The normalized spacial score (nSPS) is 17.0. The number of hydrogen-bond donors (Lipinski definition) is 7. The Morgan fingerprint density at radius 3 is 1.82 bits per heavy atom. The average molecular weight is 702 g/mol. The van der Waals surface area contributed by atoms with Gasteiger partial charge in [-0.1, -0.05) is 74.9 Å². The molecule has 0 bridgehead atoms. The standard InChI is InChI=1S/C38H47N5O8/c1-3-23(2)33(38(50)51)42-35(47)31(21-24-8-5-4-6-9-24)40-34(46)30(22-26-13-17-28(45)18-14-26)41-36(48)32-10-7-19-43(32)37(49)29(39)20-25-11-15-27(44)16-12-25/h4-6,8-9,11-18,23,29-33,44-45H,3,7,10,19-22,39H2,1-2H3,(H,40,46)(H,41,48)(H,42,47)(H,50,51)/t23-,29-,30-,31-,32-,33-/m0/s1. The SMILES string of the molecule is CC[C@H](C)[C@H](NC(=O)[C@H](Cc1ccccc1)NC(=O)[C@H](Cc1ccc(O)cc1)NC(=O)[C@@H]1CCCN1C(=O)[C@@H](N)Cc1ccc(O)cc1)C(=O)O. The van der Waals surface area contributed by atoms with E-state index in [1.165, 1.54) is 29.2 Å². The van der Waals surface area contributed by atoms with Gasteiger partial charge in [-0.2, -0.15) is 0 Å². The molecule has 1 aliphatic rings. The van der Waals surface area contributed by atoms with Crippen molar-refractivity contribution in [3.8, 4) is 11.5 Å².